The Hall–Kier alpha value is -1.44. The fraction of sp³-hybridized carbons (Fsp3) is 0.667. The summed E-state index contributed by atoms with van der Waals surface area (Å²) in [6.45, 7) is 8.63. The van der Waals surface area contributed by atoms with Gasteiger partial charge < -0.3 is 10.1 Å². The predicted molar refractivity (Wildman–Crippen MR) is 74.9 cm³/mol. The minimum Gasteiger partial charge on any atom is -0.374 e. The summed E-state index contributed by atoms with van der Waals surface area (Å²) in [5.74, 6) is 6.51. The van der Waals surface area contributed by atoms with Crippen LogP contribution in [0.5, 0.6) is 0 Å². The number of hydrazine groups is 1. The van der Waals surface area contributed by atoms with Crippen molar-refractivity contribution in [3.63, 3.8) is 0 Å². The van der Waals surface area contributed by atoms with Crippen LogP contribution in [-0.4, -0.2) is 53.8 Å². The quantitative estimate of drug-likeness (QED) is 0.518. The van der Waals surface area contributed by atoms with Crippen molar-refractivity contribution in [2.45, 2.75) is 20.0 Å². The summed E-state index contributed by atoms with van der Waals surface area (Å²) in [6, 6.07) is 1.89. The molecule has 0 radical (unpaired) electrons. The maximum atomic E-state index is 5.73. The third-order valence-electron chi connectivity index (χ3n) is 3.16. The number of hydrogen-bond acceptors (Lipinski definition) is 7. The molecule has 1 aliphatic heterocycles. The lowest BCUT2D eigenvalue weighted by atomic mass is 10.2. The van der Waals surface area contributed by atoms with E-state index in [4.69, 9.17) is 10.6 Å². The number of nitrogen functional groups attached to an aromatic ring is 1. The van der Waals surface area contributed by atoms with E-state index < -0.39 is 0 Å². The van der Waals surface area contributed by atoms with Gasteiger partial charge in [-0.15, -0.1) is 0 Å². The van der Waals surface area contributed by atoms with Crippen LogP contribution >= 0.6 is 0 Å². The van der Waals surface area contributed by atoms with Crippen LogP contribution in [0.3, 0.4) is 0 Å². The summed E-state index contributed by atoms with van der Waals surface area (Å²) in [5.41, 5.74) is 3.33. The van der Waals surface area contributed by atoms with E-state index in [0.29, 0.717) is 5.95 Å². The van der Waals surface area contributed by atoms with Crippen molar-refractivity contribution in [2.24, 2.45) is 5.84 Å². The fourth-order valence-electron chi connectivity index (χ4n) is 2.13. The van der Waals surface area contributed by atoms with E-state index in [1.807, 2.05) is 13.0 Å². The Morgan fingerprint density at radius 3 is 3.11 bits per heavy atom. The van der Waals surface area contributed by atoms with Crippen LogP contribution in [0, 0.1) is 6.92 Å². The SMILES string of the molecule is CCN1CCOC(CNc2cc(C)nc(NN)n2)C1. The van der Waals surface area contributed by atoms with Gasteiger partial charge in [0.1, 0.15) is 5.82 Å². The highest BCUT2D eigenvalue weighted by molar-refractivity contribution is 5.41. The number of aromatic nitrogens is 2. The molecule has 0 saturated carbocycles. The highest BCUT2D eigenvalue weighted by atomic mass is 16.5. The molecule has 0 aromatic carbocycles. The molecule has 1 fully saturated rings. The fourth-order valence-corrected chi connectivity index (χ4v) is 2.13. The minimum atomic E-state index is 0.193. The topological polar surface area (TPSA) is 88.3 Å². The molecule has 0 aliphatic carbocycles. The second-order valence-corrected chi connectivity index (χ2v) is 4.63. The van der Waals surface area contributed by atoms with Crippen molar-refractivity contribution in [2.75, 3.05) is 43.5 Å². The van der Waals surface area contributed by atoms with Gasteiger partial charge in [-0.3, -0.25) is 10.3 Å². The Kier molecular flexibility index (Phi) is 4.89. The van der Waals surface area contributed by atoms with Crippen LogP contribution in [0.2, 0.25) is 0 Å². The number of rotatable bonds is 5. The monoisotopic (exact) mass is 266 g/mol. The molecule has 106 valence electrons. The number of nitrogens with one attached hydrogen (secondary N) is 2. The molecule has 1 aliphatic rings. The molecule has 1 atom stereocenters. The third-order valence-corrected chi connectivity index (χ3v) is 3.16. The molecule has 0 bridgehead atoms. The maximum absolute atomic E-state index is 5.73. The first-order valence-electron chi connectivity index (χ1n) is 6.61. The van der Waals surface area contributed by atoms with Crippen LogP contribution in [-0.2, 0) is 4.74 Å². The van der Waals surface area contributed by atoms with Gasteiger partial charge >= 0.3 is 0 Å². The summed E-state index contributed by atoms with van der Waals surface area (Å²) in [6.07, 6.45) is 0.193. The number of anilines is 2. The summed E-state index contributed by atoms with van der Waals surface area (Å²) in [7, 11) is 0. The van der Waals surface area contributed by atoms with Crippen molar-refractivity contribution < 1.29 is 4.74 Å². The number of aryl methyl sites for hydroxylation is 1. The highest BCUT2D eigenvalue weighted by Gasteiger charge is 2.19. The zero-order chi connectivity index (χ0) is 13.7. The van der Waals surface area contributed by atoms with Gasteiger partial charge in [0.05, 0.1) is 12.7 Å². The molecule has 1 aromatic heterocycles. The van der Waals surface area contributed by atoms with Crippen LogP contribution in [0.25, 0.3) is 0 Å². The molecular weight excluding hydrogens is 244 g/mol. The van der Waals surface area contributed by atoms with Gasteiger partial charge in [0, 0.05) is 31.4 Å². The lowest BCUT2D eigenvalue weighted by Crippen LogP contribution is -2.45. The van der Waals surface area contributed by atoms with Gasteiger partial charge in [-0.25, -0.2) is 10.8 Å². The second-order valence-electron chi connectivity index (χ2n) is 4.63. The van der Waals surface area contributed by atoms with Crippen molar-refractivity contribution in [3.8, 4) is 0 Å². The maximum Gasteiger partial charge on any atom is 0.239 e. The summed E-state index contributed by atoms with van der Waals surface area (Å²) < 4.78 is 5.73. The van der Waals surface area contributed by atoms with E-state index >= 15 is 0 Å². The zero-order valence-electron chi connectivity index (χ0n) is 11.5. The number of hydrogen-bond donors (Lipinski definition) is 3. The second kappa shape index (κ2) is 6.65. The van der Waals surface area contributed by atoms with Gasteiger partial charge in [0.25, 0.3) is 0 Å². The Bertz CT molecular complexity index is 413. The van der Waals surface area contributed by atoms with Crippen molar-refractivity contribution >= 4 is 11.8 Å². The molecule has 1 aromatic rings. The van der Waals surface area contributed by atoms with E-state index in [2.05, 4.69) is 32.5 Å². The van der Waals surface area contributed by atoms with Crippen LogP contribution in [0.1, 0.15) is 12.6 Å². The van der Waals surface area contributed by atoms with Gasteiger partial charge in [-0.1, -0.05) is 6.92 Å². The average molecular weight is 266 g/mol. The standard InChI is InChI=1S/C12H22N6O/c1-3-18-4-5-19-10(8-18)7-14-11-6-9(2)15-12(16-11)17-13/h6,10H,3-5,7-8,13H2,1-2H3,(H2,14,15,16,17). The van der Waals surface area contributed by atoms with E-state index in [0.717, 1.165) is 44.3 Å². The number of morpholine rings is 1. The average Bonchev–Trinajstić information content (AvgIpc) is 2.44. The van der Waals surface area contributed by atoms with Gasteiger partial charge in [0.15, 0.2) is 0 Å². The summed E-state index contributed by atoms with van der Waals surface area (Å²) in [5, 5.41) is 3.28. The molecular formula is C12H22N6O. The summed E-state index contributed by atoms with van der Waals surface area (Å²) in [4.78, 5) is 10.8. The van der Waals surface area contributed by atoms with Gasteiger partial charge in [-0.2, -0.15) is 4.98 Å². The molecule has 1 saturated heterocycles. The molecule has 19 heavy (non-hydrogen) atoms. The van der Waals surface area contributed by atoms with Crippen molar-refractivity contribution in [1.82, 2.24) is 14.9 Å². The van der Waals surface area contributed by atoms with Crippen LogP contribution in [0.15, 0.2) is 6.07 Å². The molecule has 1 unspecified atom stereocenters. The van der Waals surface area contributed by atoms with Gasteiger partial charge in [0.2, 0.25) is 5.95 Å². The smallest absolute Gasteiger partial charge is 0.239 e. The normalized spacial score (nSPS) is 20.3. The molecule has 2 heterocycles. The molecule has 7 heteroatoms. The van der Waals surface area contributed by atoms with Crippen molar-refractivity contribution in [3.05, 3.63) is 11.8 Å². The zero-order valence-corrected chi connectivity index (χ0v) is 11.5. The van der Waals surface area contributed by atoms with E-state index in [1.165, 1.54) is 0 Å². The largest absolute Gasteiger partial charge is 0.374 e. The molecule has 0 amide bonds. The van der Waals surface area contributed by atoms with Crippen LogP contribution in [0.4, 0.5) is 11.8 Å². The molecule has 2 rings (SSSR count). The van der Waals surface area contributed by atoms with E-state index in [1.54, 1.807) is 0 Å². The lowest BCUT2D eigenvalue weighted by molar-refractivity contribution is -0.0192. The Morgan fingerprint density at radius 2 is 2.37 bits per heavy atom. The van der Waals surface area contributed by atoms with Gasteiger partial charge in [-0.05, 0) is 13.5 Å². The Labute approximate surface area is 113 Å². The Morgan fingerprint density at radius 1 is 1.53 bits per heavy atom. The predicted octanol–water partition coefficient (Wildman–Crippen LogP) is 0.203. The van der Waals surface area contributed by atoms with Crippen LogP contribution < -0.4 is 16.6 Å². The molecule has 7 nitrogen and oxygen atoms in total. The molecule has 4 N–H and O–H groups in total. The lowest BCUT2D eigenvalue weighted by Gasteiger charge is -2.32. The molecule has 0 spiro atoms. The first-order chi connectivity index (χ1) is 9.21. The number of likely N-dealkylation sites (N-methyl/N-ethyl adjacent to an activating group) is 1. The summed E-state index contributed by atoms with van der Waals surface area (Å²) >= 11 is 0. The number of ether oxygens (including phenoxy) is 1. The highest BCUT2D eigenvalue weighted by Crippen LogP contribution is 2.10. The number of nitrogens with zero attached hydrogens (tertiary/aromatic N) is 3. The first-order valence-corrected chi connectivity index (χ1v) is 6.61. The third kappa shape index (κ3) is 4.02. The van der Waals surface area contributed by atoms with Crippen molar-refractivity contribution in [1.29, 1.82) is 0 Å². The minimum absolute atomic E-state index is 0.193. The number of nitrogens with two attached hydrogens (primary N) is 1. The first kappa shape index (κ1) is 14.0. The van der Waals surface area contributed by atoms with E-state index in [9.17, 15) is 0 Å². The van der Waals surface area contributed by atoms with E-state index in [-0.39, 0.29) is 6.10 Å². The Balaban J connectivity index is 1.89.